The van der Waals surface area contributed by atoms with Gasteiger partial charge in [0.15, 0.2) is 0 Å². The molecular weight excluding hydrogens is 380 g/mol. The van der Waals surface area contributed by atoms with Crippen molar-refractivity contribution in [2.45, 2.75) is 31.9 Å². The summed E-state index contributed by atoms with van der Waals surface area (Å²) < 4.78 is 0. The lowest BCUT2D eigenvalue weighted by atomic mass is 9.71. The summed E-state index contributed by atoms with van der Waals surface area (Å²) in [5.74, 6) is 0.976. The van der Waals surface area contributed by atoms with E-state index in [1.807, 2.05) is 35.2 Å². The highest BCUT2D eigenvalue weighted by Gasteiger charge is 2.42. The molecule has 1 spiro atoms. The molecule has 0 bridgehead atoms. The first-order valence-corrected chi connectivity index (χ1v) is 10.6. The summed E-state index contributed by atoms with van der Waals surface area (Å²) in [7, 11) is 1.96. The van der Waals surface area contributed by atoms with Gasteiger partial charge in [-0.25, -0.2) is 4.98 Å². The first kappa shape index (κ1) is 20.7. The minimum absolute atomic E-state index is 0.0214. The van der Waals surface area contributed by atoms with Crippen LogP contribution < -0.4 is 4.90 Å². The maximum absolute atomic E-state index is 12.8. The zero-order valence-electron chi connectivity index (χ0n) is 17.5. The highest BCUT2D eigenvalue weighted by Crippen LogP contribution is 2.40. The number of aromatic nitrogens is 3. The van der Waals surface area contributed by atoms with Gasteiger partial charge in [-0.2, -0.15) is 0 Å². The van der Waals surface area contributed by atoms with E-state index in [0.717, 1.165) is 50.3 Å². The van der Waals surface area contributed by atoms with Gasteiger partial charge in [0.25, 0.3) is 0 Å². The van der Waals surface area contributed by atoms with E-state index >= 15 is 0 Å². The fourth-order valence-corrected chi connectivity index (χ4v) is 4.76. The number of hydrogen-bond donors (Lipinski definition) is 1. The van der Waals surface area contributed by atoms with Crippen molar-refractivity contribution in [1.82, 2.24) is 24.8 Å². The zero-order valence-corrected chi connectivity index (χ0v) is 17.5. The average Bonchev–Trinajstić information content (AvgIpc) is 2.75. The monoisotopic (exact) mass is 410 g/mol. The molecule has 160 valence electrons. The van der Waals surface area contributed by atoms with Gasteiger partial charge in [0.1, 0.15) is 5.82 Å². The van der Waals surface area contributed by atoms with Crippen molar-refractivity contribution in [2.24, 2.45) is 5.41 Å². The molecule has 2 saturated heterocycles. The van der Waals surface area contributed by atoms with Gasteiger partial charge in [0, 0.05) is 57.5 Å². The minimum Gasteiger partial charge on any atom is -0.391 e. The SMILES string of the molecule is CN(CC(=O)N1CCC2(CC1)CC(O)CN(c1cnccn1)C2)Cc1cccnc1. The number of aliphatic hydroxyl groups is 1. The predicted molar refractivity (Wildman–Crippen MR) is 114 cm³/mol. The Labute approximate surface area is 177 Å². The molecule has 1 amide bonds. The highest BCUT2D eigenvalue weighted by molar-refractivity contribution is 5.78. The van der Waals surface area contributed by atoms with Crippen LogP contribution in [0.15, 0.2) is 43.1 Å². The fraction of sp³-hybridized carbons (Fsp3) is 0.545. The highest BCUT2D eigenvalue weighted by atomic mass is 16.3. The first-order valence-electron chi connectivity index (χ1n) is 10.6. The lowest BCUT2D eigenvalue weighted by Crippen LogP contribution is -2.55. The van der Waals surface area contributed by atoms with Gasteiger partial charge in [0.05, 0.1) is 18.8 Å². The normalized spacial score (nSPS) is 21.2. The number of likely N-dealkylation sites (tertiary alicyclic amines) is 1. The van der Waals surface area contributed by atoms with Gasteiger partial charge in [-0.3, -0.25) is 19.7 Å². The third-order valence-corrected chi connectivity index (χ3v) is 6.26. The molecule has 2 aromatic heterocycles. The van der Waals surface area contributed by atoms with Gasteiger partial charge in [-0.15, -0.1) is 0 Å². The van der Waals surface area contributed by atoms with E-state index in [1.165, 1.54) is 0 Å². The number of rotatable bonds is 5. The fourth-order valence-electron chi connectivity index (χ4n) is 4.76. The van der Waals surface area contributed by atoms with Gasteiger partial charge in [-0.1, -0.05) is 6.07 Å². The molecule has 2 fully saturated rings. The predicted octanol–water partition coefficient (Wildman–Crippen LogP) is 1.18. The number of anilines is 1. The summed E-state index contributed by atoms with van der Waals surface area (Å²) in [5.41, 5.74) is 1.12. The van der Waals surface area contributed by atoms with E-state index in [4.69, 9.17) is 0 Å². The molecular formula is C22H30N6O2. The molecule has 0 aliphatic carbocycles. The molecule has 2 aliphatic heterocycles. The number of amides is 1. The number of pyridine rings is 1. The number of nitrogens with zero attached hydrogens (tertiary/aromatic N) is 6. The maximum atomic E-state index is 12.8. The van der Waals surface area contributed by atoms with Crippen molar-refractivity contribution < 1.29 is 9.90 Å². The Kier molecular flexibility index (Phi) is 6.24. The van der Waals surface area contributed by atoms with Gasteiger partial charge >= 0.3 is 0 Å². The molecule has 8 nitrogen and oxygen atoms in total. The molecule has 4 heterocycles. The van der Waals surface area contributed by atoms with Crippen LogP contribution in [0.3, 0.4) is 0 Å². The molecule has 4 rings (SSSR count). The Balaban J connectivity index is 1.31. The van der Waals surface area contributed by atoms with Crippen molar-refractivity contribution in [3.05, 3.63) is 48.7 Å². The van der Waals surface area contributed by atoms with Crippen LogP contribution >= 0.6 is 0 Å². The zero-order chi connectivity index (χ0) is 21.0. The second-order valence-electron chi connectivity index (χ2n) is 8.72. The first-order chi connectivity index (χ1) is 14.5. The second-order valence-corrected chi connectivity index (χ2v) is 8.72. The van der Waals surface area contributed by atoms with E-state index in [9.17, 15) is 9.90 Å². The van der Waals surface area contributed by atoms with Gasteiger partial charge < -0.3 is 14.9 Å². The number of hydrogen-bond acceptors (Lipinski definition) is 7. The van der Waals surface area contributed by atoms with Crippen LogP contribution in [0.2, 0.25) is 0 Å². The van der Waals surface area contributed by atoms with Crippen LogP contribution in [-0.4, -0.2) is 81.6 Å². The molecule has 0 radical (unpaired) electrons. The Morgan fingerprint density at radius 1 is 1.23 bits per heavy atom. The Morgan fingerprint density at radius 3 is 2.73 bits per heavy atom. The van der Waals surface area contributed by atoms with Crippen molar-refractivity contribution in [2.75, 3.05) is 44.7 Å². The lowest BCUT2D eigenvalue weighted by molar-refractivity contribution is -0.135. The average molecular weight is 411 g/mol. The van der Waals surface area contributed by atoms with Crippen molar-refractivity contribution in [1.29, 1.82) is 0 Å². The van der Waals surface area contributed by atoms with Crippen molar-refractivity contribution >= 4 is 11.7 Å². The summed E-state index contributed by atoms with van der Waals surface area (Å²) in [4.78, 5) is 31.7. The summed E-state index contributed by atoms with van der Waals surface area (Å²) >= 11 is 0. The molecule has 1 atom stereocenters. The second kappa shape index (κ2) is 9.06. The summed E-state index contributed by atoms with van der Waals surface area (Å²) in [6, 6.07) is 3.94. The summed E-state index contributed by atoms with van der Waals surface area (Å²) in [6.45, 7) is 4.02. The largest absolute Gasteiger partial charge is 0.391 e. The number of β-amino-alcohol motifs (C(OH)–C–C–N with tert-alkyl or cyclic N) is 1. The number of likely N-dealkylation sites (N-methyl/N-ethyl adjacent to an activating group) is 1. The van der Waals surface area contributed by atoms with E-state index < -0.39 is 0 Å². The van der Waals surface area contributed by atoms with Gasteiger partial charge in [0.2, 0.25) is 5.91 Å². The van der Waals surface area contributed by atoms with E-state index in [0.29, 0.717) is 19.6 Å². The van der Waals surface area contributed by atoms with Crippen LogP contribution in [-0.2, 0) is 11.3 Å². The number of piperidine rings is 2. The van der Waals surface area contributed by atoms with E-state index in [2.05, 4.69) is 19.9 Å². The molecule has 0 aromatic carbocycles. The quantitative estimate of drug-likeness (QED) is 0.792. The third-order valence-electron chi connectivity index (χ3n) is 6.26. The summed E-state index contributed by atoms with van der Waals surface area (Å²) in [6.07, 6.45) is 10.9. The Hall–Kier alpha value is -2.58. The Bertz CT molecular complexity index is 826. The topological polar surface area (TPSA) is 85.7 Å². The maximum Gasteiger partial charge on any atom is 0.236 e. The van der Waals surface area contributed by atoms with E-state index in [1.54, 1.807) is 24.8 Å². The molecule has 30 heavy (non-hydrogen) atoms. The minimum atomic E-state index is -0.381. The van der Waals surface area contributed by atoms with Crippen LogP contribution in [0, 0.1) is 5.41 Å². The number of aliphatic hydroxyl groups excluding tert-OH is 1. The number of carbonyl (C=O) groups is 1. The molecule has 8 heteroatoms. The van der Waals surface area contributed by atoms with Crippen LogP contribution in [0.1, 0.15) is 24.8 Å². The standard InChI is InChI=1S/C22H30N6O2/c1-26(14-18-3-2-6-23-12-18)16-21(30)27-9-4-22(5-10-27)11-19(29)15-28(17-22)20-13-24-7-8-25-20/h2-3,6-8,12-13,19,29H,4-5,9-11,14-17H2,1H3. The molecule has 2 aromatic rings. The van der Waals surface area contributed by atoms with Crippen LogP contribution in [0.25, 0.3) is 0 Å². The van der Waals surface area contributed by atoms with Crippen molar-refractivity contribution in [3.63, 3.8) is 0 Å². The number of carbonyl (C=O) groups excluding carboxylic acids is 1. The van der Waals surface area contributed by atoms with Crippen LogP contribution in [0.4, 0.5) is 5.82 Å². The van der Waals surface area contributed by atoms with Gasteiger partial charge in [-0.05, 0) is 43.4 Å². The van der Waals surface area contributed by atoms with Crippen LogP contribution in [0.5, 0.6) is 0 Å². The third kappa shape index (κ3) is 4.94. The molecule has 0 saturated carbocycles. The van der Waals surface area contributed by atoms with Crippen molar-refractivity contribution in [3.8, 4) is 0 Å². The molecule has 2 aliphatic rings. The molecule has 1 N–H and O–H groups in total. The smallest absolute Gasteiger partial charge is 0.236 e. The Morgan fingerprint density at radius 2 is 2.03 bits per heavy atom. The lowest BCUT2D eigenvalue weighted by Gasteiger charge is -2.49. The molecule has 1 unspecified atom stereocenters. The van der Waals surface area contributed by atoms with E-state index in [-0.39, 0.29) is 17.4 Å². The summed E-state index contributed by atoms with van der Waals surface area (Å²) in [5, 5.41) is 10.5.